The summed E-state index contributed by atoms with van der Waals surface area (Å²) in [6, 6.07) is 3.20. The van der Waals surface area contributed by atoms with Crippen molar-refractivity contribution < 1.29 is 27.8 Å². The molecule has 0 saturated carbocycles. The molecule has 3 rings (SSSR count). The molecule has 6 nitrogen and oxygen atoms in total. The van der Waals surface area contributed by atoms with Crippen molar-refractivity contribution in [3.8, 4) is 17.2 Å². The second kappa shape index (κ2) is 8.73. The van der Waals surface area contributed by atoms with E-state index in [4.69, 9.17) is 9.47 Å². The van der Waals surface area contributed by atoms with Gasteiger partial charge in [0.05, 0.1) is 14.2 Å². The highest BCUT2D eigenvalue weighted by molar-refractivity contribution is 5.96. The summed E-state index contributed by atoms with van der Waals surface area (Å²) < 4.78 is 40.1. The number of rotatable bonds is 5. The maximum Gasteiger partial charge on any atom is 0.387 e. The minimum atomic E-state index is -3.02. The van der Waals surface area contributed by atoms with Crippen LogP contribution >= 0.6 is 12.4 Å². The number of ether oxygens (including phenoxy) is 3. The number of alkyl halides is 2. The van der Waals surface area contributed by atoms with Crippen molar-refractivity contribution in [1.29, 1.82) is 0 Å². The van der Waals surface area contributed by atoms with Gasteiger partial charge in [0.1, 0.15) is 0 Å². The molecule has 26 heavy (non-hydrogen) atoms. The lowest BCUT2D eigenvalue weighted by Crippen LogP contribution is -2.42. The molecule has 2 unspecified atom stereocenters. The number of hydrogen-bond acceptors (Lipinski definition) is 5. The van der Waals surface area contributed by atoms with Gasteiger partial charge in [-0.1, -0.05) is 0 Å². The topological polar surface area (TPSA) is 60.0 Å². The smallest absolute Gasteiger partial charge is 0.387 e. The predicted molar refractivity (Wildman–Crippen MR) is 93.9 cm³/mol. The molecule has 2 aliphatic rings. The zero-order valence-corrected chi connectivity index (χ0v) is 15.5. The van der Waals surface area contributed by atoms with Crippen molar-refractivity contribution in [2.24, 2.45) is 0 Å². The number of methoxy groups -OCH3 is 2. The number of carbonyl (C=O) groups excluding carboxylic acids is 1. The van der Waals surface area contributed by atoms with Gasteiger partial charge in [-0.2, -0.15) is 8.78 Å². The molecule has 1 aromatic carbocycles. The van der Waals surface area contributed by atoms with E-state index in [-0.39, 0.29) is 47.6 Å². The average Bonchev–Trinajstić information content (AvgIpc) is 2.86. The molecule has 146 valence electrons. The van der Waals surface area contributed by atoms with E-state index in [0.29, 0.717) is 5.56 Å². The van der Waals surface area contributed by atoms with Crippen molar-refractivity contribution in [2.75, 3.05) is 27.3 Å². The maximum atomic E-state index is 13.1. The van der Waals surface area contributed by atoms with Crippen LogP contribution in [0.15, 0.2) is 12.1 Å². The fourth-order valence-corrected chi connectivity index (χ4v) is 3.67. The molecule has 2 aliphatic heterocycles. The lowest BCUT2D eigenvalue weighted by molar-refractivity contribution is -0.0526. The van der Waals surface area contributed by atoms with Crippen LogP contribution in [-0.2, 0) is 0 Å². The summed E-state index contributed by atoms with van der Waals surface area (Å²) in [6.45, 7) is -1.36. The van der Waals surface area contributed by atoms with Crippen LogP contribution in [0, 0.1) is 0 Å². The van der Waals surface area contributed by atoms with Gasteiger partial charge in [-0.15, -0.1) is 12.4 Å². The van der Waals surface area contributed by atoms with E-state index in [1.165, 1.54) is 26.4 Å². The van der Waals surface area contributed by atoms with E-state index < -0.39 is 6.61 Å². The molecule has 1 aromatic rings. The highest BCUT2D eigenvalue weighted by Gasteiger charge is 2.38. The summed E-state index contributed by atoms with van der Waals surface area (Å²) in [6.07, 6.45) is 2.85. The number of nitrogens with one attached hydrogen (secondary N) is 1. The summed E-state index contributed by atoms with van der Waals surface area (Å²) in [5, 5.41) is 3.34. The number of carbonyl (C=O) groups is 1. The van der Waals surface area contributed by atoms with E-state index in [9.17, 15) is 13.6 Å². The minimum absolute atomic E-state index is 0. The highest BCUT2D eigenvalue weighted by atomic mass is 35.5. The van der Waals surface area contributed by atoms with Gasteiger partial charge in [-0.05, 0) is 37.9 Å². The second-order valence-corrected chi connectivity index (χ2v) is 6.18. The van der Waals surface area contributed by atoms with Gasteiger partial charge >= 0.3 is 6.61 Å². The Kier molecular flexibility index (Phi) is 6.88. The van der Waals surface area contributed by atoms with Crippen LogP contribution in [-0.4, -0.2) is 56.8 Å². The Morgan fingerprint density at radius 3 is 2.35 bits per heavy atom. The lowest BCUT2D eigenvalue weighted by atomic mass is 10.1. The van der Waals surface area contributed by atoms with E-state index in [1.807, 2.05) is 4.90 Å². The van der Waals surface area contributed by atoms with Gasteiger partial charge in [0.15, 0.2) is 11.5 Å². The first-order valence-electron chi connectivity index (χ1n) is 8.29. The Bertz CT molecular complexity index is 608. The van der Waals surface area contributed by atoms with Crippen LogP contribution < -0.4 is 19.5 Å². The number of nitrogens with zero attached hydrogens (tertiary/aromatic N) is 1. The molecule has 0 radical (unpaired) electrons. The lowest BCUT2D eigenvalue weighted by Gasteiger charge is -2.28. The SMILES string of the molecule is COc1cc(C(=O)N2C3CCNCC2CC3)cc(OC)c1OC(F)F.Cl. The van der Waals surface area contributed by atoms with Crippen LogP contribution in [0.25, 0.3) is 0 Å². The van der Waals surface area contributed by atoms with Crippen LogP contribution in [0.5, 0.6) is 17.2 Å². The molecule has 2 saturated heterocycles. The zero-order valence-electron chi connectivity index (χ0n) is 14.7. The number of amides is 1. The molecule has 0 aromatic heterocycles. The monoisotopic (exact) mass is 392 g/mol. The third-order valence-corrected chi connectivity index (χ3v) is 4.80. The van der Waals surface area contributed by atoms with E-state index >= 15 is 0 Å². The van der Waals surface area contributed by atoms with Crippen molar-refractivity contribution in [3.05, 3.63) is 17.7 Å². The predicted octanol–water partition coefficient (Wildman–Crippen LogP) is 2.69. The molecule has 0 aliphatic carbocycles. The molecule has 2 heterocycles. The molecular weight excluding hydrogens is 370 g/mol. The first-order valence-corrected chi connectivity index (χ1v) is 8.29. The van der Waals surface area contributed by atoms with E-state index in [2.05, 4.69) is 10.1 Å². The molecule has 2 atom stereocenters. The first kappa shape index (κ1) is 20.5. The van der Waals surface area contributed by atoms with Gasteiger partial charge in [0.2, 0.25) is 5.75 Å². The summed E-state index contributed by atoms with van der Waals surface area (Å²) in [4.78, 5) is 15.0. The average molecular weight is 393 g/mol. The maximum absolute atomic E-state index is 13.1. The Morgan fingerprint density at radius 2 is 1.77 bits per heavy atom. The Balaban J connectivity index is 0.00000243. The van der Waals surface area contributed by atoms with Gasteiger partial charge in [0, 0.05) is 24.2 Å². The van der Waals surface area contributed by atoms with Gasteiger partial charge < -0.3 is 24.4 Å². The van der Waals surface area contributed by atoms with Crippen molar-refractivity contribution in [2.45, 2.75) is 38.0 Å². The molecule has 0 spiro atoms. The van der Waals surface area contributed by atoms with Crippen molar-refractivity contribution >= 4 is 18.3 Å². The molecule has 9 heteroatoms. The standard InChI is InChI=1S/C17H22F2N2O4.ClH/c1-23-13-7-10(8-14(24-2)15(13)25-17(18)19)16(22)21-11-3-4-12(21)9-20-6-5-11;/h7-8,11-12,17,20H,3-6,9H2,1-2H3;1H. The van der Waals surface area contributed by atoms with Gasteiger partial charge in [0.25, 0.3) is 5.91 Å². The van der Waals surface area contributed by atoms with Crippen molar-refractivity contribution in [3.63, 3.8) is 0 Å². The summed E-state index contributed by atoms with van der Waals surface area (Å²) in [5.74, 6) is -0.264. The third kappa shape index (κ3) is 3.96. The Morgan fingerprint density at radius 1 is 1.15 bits per heavy atom. The minimum Gasteiger partial charge on any atom is -0.493 e. The number of fused-ring (bicyclic) bond motifs is 2. The van der Waals surface area contributed by atoms with Crippen LogP contribution in [0.3, 0.4) is 0 Å². The Hall–Kier alpha value is -1.80. The van der Waals surface area contributed by atoms with E-state index in [0.717, 1.165) is 32.4 Å². The van der Waals surface area contributed by atoms with Gasteiger partial charge in [-0.25, -0.2) is 0 Å². The zero-order chi connectivity index (χ0) is 18.0. The van der Waals surface area contributed by atoms with Gasteiger partial charge in [-0.3, -0.25) is 4.79 Å². The molecule has 1 amide bonds. The molecular formula is C17H23ClF2N2O4. The molecule has 2 fully saturated rings. The molecule has 2 bridgehead atoms. The number of hydrogen-bond donors (Lipinski definition) is 1. The fraction of sp³-hybridized carbons (Fsp3) is 0.588. The largest absolute Gasteiger partial charge is 0.493 e. The first-order chi connectivity index (χ1) is 12.0. The van der Waals surface area contributed by atoms with Crippen LogP contribution in [0.1, 0.15) is 29.6 Å². The summed E-state index contributed by atoms with van der Waals surface area (Å²) in [5.41, 5.74) is 0.342. The van der Waals surface area contributed by atoms with Crippen LogP contribution in [0.4, 0.5) is 8.78 Å². The Labute approximate surface area is 157 Å². The highest BCUT2D eigenvalue weighted by Crippen LogP contribution is 2.40. The normalized spacial score (nSPS) is 21.8. The second-order valence-electron chi connectivity index (χ2n) is 6.18. The summed E-state index contributed by atoms with van der Waals surface area (Å²) >= 11 is 0. The van der Waals surface area contributed by atoms with Crippen LogP contribution in [0.2, 0.25) is 0 Å². The quantitative estimate of drug-likeness (QED) is 0.834. The fourth-order valence-electron chi connectivity index (χ4n) is 3.67. The van der Waals surface area contributed by atoms with Crippen molar-refractivity contribution in [1.82, 2.24) is 10.2 Å². The number of benzene rings is 1. The molecule has 1 N–H and O–H groups in total. The number of halogens is 3. The third-order valence-electron chi connectivity index (χ3n) is 4.80. The summed E-state index contributed by atoms with van der Waals surface area (Å²) in [7, 11) is 2.67. The van der Waals surface area contributed by atoms with E-state index in [1.54, 1.807) is 0 Å².